The molecular weight excluding hydrogens is 417 g/mol. The van der Waals surface area contributed by atoms with E-state index in [0.29, 0.717) is 5.69 Å². The molecule has 8 heteroatoms. The molecule has 3 aromatic carbocycles. The Morgan fingerprint density at radius 2 is 1.74 bits per heavy atom. The molecule has 6 nitrogen and oxygen atoms in total. The number of fused-ring (bicyclic) bond motifs is 1. The van der Waals surface area contributed by atoms with Gasteiger partial charge in [-0.05, 0) is 61.0 Å². The zero-order valence-electron chi connectivity index (χ0n) is 16.5. The number of pyridine rings is 1. The second kappa shape index (κ2) is 8.16. The molecule has 0 bridgehead atoms. The summed E-state index contributed by atoms with van der Waals surface area (Å²) in [5.74, 6) is -1.17. The second-order valence-electron chi connectivity index (χ2n) is 6.90. The minimum absolute atomic E-state index is 0.147. The molecule has 0 unspecified atom stereocenters. The summed E-state index contributed by atoms with van der Waals surface area (Å²) in [6.07, 6.45) is 1.68. The number of aryl methyl sites for hydroxylation is 1. The standard InChI is InChI=1S/C23H18FN3O3S/c1-15-11-12-20(18-8-5-13-25-22(15)18)26-23(28)16-6-4-7-17(14-16)31(29,30)27-21-10-3-2-9-19(21)24/h2-14,27H,1H3,(H,26,28). The van der Waals surface area contributed by atoms with Crippen LogP contribution in [0.4, 0.5) is 15.8 Å². The Morgan fingerprint density at radius 1 is 0.935 bits per heavy atom. The van der Waals surface area contributed by atoms with Crippen LogP contribution in [-0.2, 0) is 10.0 Å². The third-order valence-electron chi connectivity index (χ3n) is 4.74. The van der Waals surface area contributed by atoms with Crippen LogP contribution in [0.5, 0.6) is 0 Å². The van der Waals surface area contributed by atoms with Crippen molar-refractivity contribution in [3.63, 3.8) is 0 Å². The van der Waals surface area contributed by atoms with E-state index in [1.807, 2.05) is 19.1 Å². The van der Waals surface area contributed by atoms with E-state index in [4.69, 9.17) is 0 Å². The fraction of sp³-hybridized carbons (Fsp3) is 0.0435. The van der Waals surface area contributed by atoms with Crippen molar-refractivity contribution < 1.29 is 17.6 Å². The van der Waals surface area contributed by atoms with Gasteiger partial charge >= 0.3 is 0 Å². The Kier molecular flexibility index (Phi) is 5.39. The summed E-state index contributed by atoms with van der Waals surface area (Å²) in [4.78, 5) is 17.0. The summed E-state index contributed by atoms with van der Waals surface area (Å²) in [7, 11) is -4.08. The Bertz CT molecular complexity index is 1400. The fourth-order valence-corrected chi connectivity index (χ4v) is 4.28. The van der Waals surface area contributed by atoms with Gasteiger partial charge in [-0.2, -0.15) is 0 Å². The van der Waals surface area contributed by atoms with Gasteiger partial charge in [0.05, 0.1) is 21.8 Å². The second-order valence-corrected chi connectivity index (χ2v) is 8.58. The van der Waals surface area contributed by atoms with Crippen LogP contribution in [0.1, 0.15) is 15.9 Å². The number of rotatable bonds is 5. The van der Waals surface area contributed by atoms with Crippen LogP contribution in [0.3, 0.4) is 0 Å². The van der Waals surface area contributed by atoms with Gasteiger partial charge in [-0.1, -0.05) is 24.3 Å². The number of carbonyl (C=O) groups excluding carboxylic acids is 1. The van der Waals surface area contributed by atoms with Crippen molar-refractivity contribution in [1.29, 1.82) is 0 Å². The maximum Gasteiger partial charge on any atom is 0.262 e. The molecule has 156 valence electrons. The van der Waals surface area contributed by atoms with E-state index in [1.165, 1.54) is 42.5 Å². The highest BCUT2D eigenvalue weighted by atomic mass is 32.2. The molecule has 0 spiro atoms. The number of nitrogens with one attached hydrogen (secondary N) is 2. The Morgan fingerprint density at radius 3 is 2.55 bits per heavy atom. The fourth-order valence-electron chi connectivity index (χ4n) is 3.17. The summed E-state index contributed by atoms with van der Waals surface area (Å²) in [5.41, 5.74) is 2.29. The third kappa shape index (κ3) is 4.24. The quantitative estimate of drug-likeness (QED) is 0.474. The summed E-state index contributed by atoms with van der Waals surface area (Å²) in [6, 6.07) is 18.3. The number of benzene rings is 3. The lowest BCUT2D eigenvalue weighted by atomic mass is 10.1. The maximum absolute atomic E-state index is 13.8. The predicted octanol–water partition coefficient (Wildman–Crippen LogP) is 4.74. The van der Waals surface area contributed by atoms with E-state index in [-0.39, 0.29) is 16.1 Å². The Labute approximate surface area is 178 Å². The Balaban J connectivity index is 1.62. The topological polar surface area (TPSA) is 88.2 Å². The third-order valence-corrected chi connectivity index (χ3v) is 6.11. The molecule has 1 aromatic heterocycles. The molecule has 2 N–H and O–H groups in total. The lowest BCUT2D eigenvalue weighted by Gasteiger charge is -2.12. The Hall–Kier alpha value is -3.78. The molecule has 4 aromatic rings. The number of anilines is 2. The van der Waals surface area contributed by atoms with Crippen molar-refractivity contribution in [1.82, 2.24) is 4.98 Å². The first kappa shape index (κ1) is 20.5. The first-order valence-corrected chi connectivity index (χ1v) is 10.9. The molecule has 0 saturated heterocycles. The van der Waals surface area contributed by atoms with E-state index in [9.17, 15) is 17.6 Å². The van der Waals surface area contributed by atoms with Crippen molar-refractivity contribution in [2.75, 3.05) is 10.0 Å². The first-order chi connectivity index (χ1) is 14.8. The maximum atomic E-state index is 13.8. The van der Waals surface area contributed by atoms with Crippen molar-refractivity contribution in [3.8, 4) is 0 Å². The minimum atomic E-state index is -4.08. The minimum Gasteiger partial charge on any atom is -0.321 e. The van der Waals surface area contributed by atoms with Crippen LogP contribution in [0, 0.1) is 12.7 Å². The SMILES string of the molecule is Cc1ccc(NC(=O)c2cccc(S(=O)(=O)Nc3ccccc3F)c2)c2cccnc12. The molecule has 31 heavy (non-hydrogen) atoms. The average Bonchev–Trinajstić information content (AvgIpc) is 2.77. The number of carbonyl (C=O) groups is 1. The lowest BCUT2D eigenvalue weighted by Crippen LogP contribution is -2.16. The smallest absolute Gasteiger partial charge is 0.262 e. The van der Waals surface area contributed by atoms with Crippen LogP contribution < -0.4 is 10.0 Å². The van der Waals surface area contributed by atoms with Crippen LogP contribution in [0.25, 0.3) is 10.9 Å². The highest BCUT2D eigenvalue weighted by molar-refractivity contribution is 7.92. The lowest BCUT2D eigenvalue weighted by molar-refractivity contribution is 0.102. The summed E-state index contributed by atoms with van der Waals surface area (Å²) >= 11 is 0. The number of hydrogen-bond donors (Lipinski definition) is 2. The molecule has 0 saturated carbocycles. The zero-order chi connectivity index (χ0) is 22.0. The van der Waals surface area contributed by atoms with Gasteiger partial charge in [-0.25, -0.2) is 12.8 Å². The normalized spacial score (nSPS) is 11.3. The molecule has 0 aliphatic carbocycles. The highest BCUT2D eigenvalue weighted by Gasteiger charge is 2.18. The van der Waals surface area contributed by atoms with Gasteiger partial charge in [-0.15, -0.1) is 0 Å². The average molecular weight is 435 g/mol. The van der Waals surface area contributed by atoms with E-state index in [0.717, 1.165) is 22.5 Å². The monoisotopic (exact) mass is 435 g/mol. The highest BCUT2D eigenvalue weighted by Crippen LogP contribution is 2.25. The van der Waals surface area contributed by atoms with Gasteiger partial charge < -0.3 is 5.32 Å². The predicted molar refractivity (Wildman–Crippen MR) is 118 cm³/mol. The van der Waals surface area contributed by atoms with Crippen LogP contribution in [0.15, 0.2) is 83.9 Å². The number of sulfonamides is 1. The summed E-state index contributed by atoms with van der Waals surface area (Å²) < 4.78 is 41.4. The summed E-state index contributed by atoms with van der Waals surface area (Å²) in [6.45, 7) is 1.93. The summed E-state index contributed by atoms with van der Waals surface area (Å²) in [5, 5.41) is 3.59. The molecule has 0 radical (unpaired) electrons. The van der Waals surface area contributed by atoms with Crippen LogP contribution >= 0.6 is 0 Å². The first-order valence-electron chi connectivity index (χ1n) is 9.38. The number of aromatic nitrogens is 1. The largest absolute Gasteiger partial charge is 0.321 e. The zero-order valence-corrected chi connectivity index (χ0v) is 17.3. The van der Waals surface area contributed by atoms with Crippen molar-refractivity contribution in [3.05, 3.63) is 95.9 Å². The van der Waals surface area contributed by atoms with E-state index >= 15 is 0 Å². The molecular formula is C23H18FN3O3S. The van der Waals surface area contributed by atoms with Crippen LogP contribution in [-0.4, -0.2) is 19.3 Å². The van der Waals surface area contributed by atoms with Gasteiger partial charge in [0, 0.05) is 17.1 Å². The van der Waals surface area contributed by atoms with Crippen molar-refractivity contribution in [2.24, 2.45) is 0 Å². The molecule has 0 fully saturated rings. The van der Waals surface area contributed by atoms with Gasteiger partial charge in [0.1, 0.15) is 5.82 Å². The molecule has 0 aliphatic heterocycles. The molecule has 0 atom stereocenters. The number of nitrogens with zero attached hydrogens (tertiary/aromatic N) is 1. The number of hydrogen-bond acceptors (Lipinski definition) is 4. The molecule has 0 aliphatic rings. The van der Waals surface area contributed by atoms with Crippen molar-refractivity contribution >= 4 is 38.2 Å². The van der Waals surface area contributed by atoms with Gasteiger partial charge in [0.2, 0.25) is 0 Å². The van der Waals surface area contributed by atoms with E-state index < -0.39 is 21.7 Å². The molecule has 1 amide bonds. The van der Waals surface area contributed by atoms with Crippen LogP contribution in [0.2, 0.25) is 0 Å². The van der Waals surface area contributed by atoms with E-state index in [1.54, 1.807) is 18.3 Å². The number of halogens is 1. The molecule has 4 rings (SSSR count). The van der Waals surface area contributed by atoms with Gasteiger partial charge in [-0.3, -0.25) is 14.5 Å². The number of amides is 1. The van der Waals surface area contributed by atoms with Crippen molar-refractivity contribution in [2.45, 2.75) is 11.8 Å². The number of para-hydroxylation sites is 1. The van der Waals surface area contributed by atoms with Gasteiger partial charge in [0.15, 0.2) is 0 Å². The van der Waals surface area contributed by atoms with E-state index in [2.05, 4.69) is 15.0 Å². The molecule has 1 heterocycles. The van der Waals surface area contributed by atoms with Gasteiger partial charge in [0.25, 0.3) is 15.9 Å².